The van der Waals surface area contributed by atoms with E-state index in [1.807, 2.05) is 0 Å². The van der Waals surface area contributed by atoms with Gasteiger partial charge in [-0.15, -0.1) is 0 Å². The van der Waals surface area contributed by atoms with Crippen molar-refractivity contribution < 1.29 is 46.2 Å². The summed E-state index contributed by atoms with van der Waals surface area (Å²) in [4.78, 5) is 11.1. The minimum Gasteiger partial charge on any atom is -0.462 e. The topological polar surface area (TPSA) is 127 Å². The number of allylic oxidation sites excluding steroid dienone is 2. The van der Waals surface area contributed by atoms with Gasteiger partial charge in [-0.2, -0.15) is 8.42 Å². The van der Waals surface area contributed by atoms with Crippen LogP contribution in [0.4, 0.5) is 0 Å². The summed E-state index contributed by atoms with van der Waals surface area (Å²) in [6.45, 7) is 6.76. The van der Waals surface area contributed by atoms with Crippen LogP contribution in [-0.2, 0) is 43.3 Å². The molecule has 0 radical (unpaired) electrons. The van der Waals surface area contributed by atoms with Gasteiger partial charge in [0.15, 0.2) is 5.75 Å². The summed E-state index contributed by atoms with van der Waals surface area (Å²) < 4.78 is 61.2. The summed E-state index contributed by atoms with van der Waals surface area (Å²) in [5.74, 6) is -2.09. The van der Waals surface area contributed by atoms with E-state index in [4.69, 9.17) is 28.2 Å². The molecule has 0 saturated heterocycles. The Labute approximate surface area is 249 Å². The van der Waals surface area contributed by atoms with Gasteiger partial charge < -0.3 is 28.4 Å². The van der Waals surface area contributed by atoms with E-state index in [0.717, 1.165) is 13.0 Å². The Morgan fingerprint density at radius 2 is 0.902 bits per heavy atom. The van der Waals surface area contributed by atoms with Crippen molar-refractivity contribution in [3.05, 3.63) is 12.2 Å². The van der Waals surface area contributed by atoms with Crippen molar-refractivity contribution in [3.63, 3.8) is 0 Å². The zero-order chi connectivity index (χ0) is 30.1. The number of carbonyl (C=O) groups excluding carboxylic acids is 1. The van der Waals surface area contributed by atoms with E-state index in [9.17, 15) is 13.2 Å². The van der Waals surface area contributed by atoms with Crippen LogP contribution in [0.3, 0.4) is 0 Å². The third-order valence-electron chi connectivity index (χ3n) is 6.08. The SMILES string of the molecule is CCCCCCCCC=CCCCCCCCCOCCOCCOCCOCCOCCOC(=O)CS(=O)(=O)O. The Bertz CT molecular complexity index is 685. The van der Waals surface area contributed by atoms with E-state index in [-0.39, 0.29) is 13.2 Å². The lowest BCUT2D eigenvalue weighted by Crippen LogP contribution is -2.20. The zero-order valence-corrected chi connectivity index (χ0v) is 26.4. The molecular formula is C30H58O10S. The normalized spacial score (nSPS) is 12.0. The van der Waals surface area contributed by atoms with Crippen LogP contribution in [0.5, 0.6) is 0 Å². The van der Waals surface area contributed by atoms with Gasteiger partial charge in [-0.3, -0.25) is 9.35 Å². The van der Waals surface area contributed by atoms with E-state index in [1.54, 1.807) is 0 Å². The molecule has 0 bridgehead atoms. The molecule has 0 spiro atoms. The second-order valence-corrected chi connectivity index (χ2v) is 11.4. The van der Waals surface area contributed by atoms with Crippen molar-refractivity contribution in [1.29, 1.82) is 0 Å². The van der Waals surface area contributed by atoms with Crippen molar-refractivity contribution in [2.75, 3.05) is 78.4 Å². The van der Waals surface area contributed by atoms with Gasteiger partial charge in [0.1, 0.15) is 6.61 Å². The molecule has 10 nitrogen and oxygen atoms in total. The maximum atomic E-state index is 11.1. The summed E-state index contributed by atoms with van der Waals surface area (Å²) >= 11 is 0. The molecule has 0 atom stereocenters. The molecule has 0 heterocycles. The standard InChI is InChI=1S/C30H58O10S/c1-2-3-4-5-6-7-8-9-10-11-12-13-14-15-16-17-18-35-19-20-36-21-22-37-23-24-38-25-26-39-27-28-40-30(31)29-41(32,33)34/h9-10H,2-8,11-29H2,1H3,(H,32,33,34). The second kappa shape index (κ2) is 31.8. The van der Waals surface area contributed by atoms with Crippen LogP contribution in [0.25, 0.3) is 0 Å². The molecule has 0 aromatic heterocycles. The number of ether oxygens (including phenoxy) is 6. The van der Waals surface area contributed by atoms with E-state index in [1.165, 1.54) is 83.5 Å². The zero-order valence-electron chi connectivity index (χ0n) is 25.6. The first-order valence-electron chi connectivity index (χ1n) is 15.6. The Hall–Kier alpha value is -1.08. The minimum absolute atomic E-state index is 0.0969. The second-order valence-electron chi connectivity index (χ2n) is 9.95. The molecule has 0 aliphatic heterocycles. The van der Waals surface area contributed by atoms with E-state index in [0.29, 0.717) is 52.9 Å². The van der Waals surface area contributed by atoms with Gasteiger partial charge in [0, 0.05) is 6.61 Å². The Kier molecular flexibility index (Phi) is 31.0. The molecule has 1 N–H and O–H groups in total. The highest BCUT2D eigenvalue weighted by atomic mass is 32.2. The fourth-order valence-corrected chi connectivity index (χ4v) is 4.22. The van der Waals surface area contributed by atoms with Crippen molar-refractivity contribution in [1.82, 2.24) is 0 Å². The number of hydrogen-bond donors (Lipinski definition) is 1. The Morgan fingerprint density at radius 3 is 1.34 bits per heavy atom. The largest absolute Gasteiger partial charge is 0.462 e. The molecule has 0 amide bonds. The first-order valence-corrected chi connectivity index (χ1v) is 17.2. The fourth-order valence-electron chi connectivity index (χ4n) is 3.84. The number of rotatable bonds is 33. The highest BCUT2D eigenvalue weighted by molar-refractivity contribution is 7.86. The van der Waals surface area contributed by atoms with Gasteiger partial charge in [-0.25, -0.2) is 0 Å². The van der Waals surface area contributed by atoms with Gasteiger partial charge in [-0.05, 0) is 32.1 Å². The van der Waals surface area contributed by atoms with Crippen LogP contribution in [0.15, 0.2) is 12.2 Å². The predicted octanol–water partition coefficient (Wildman–Crippen LogP) is 5.54. The summed E-state index contributed by atoms with van der Waals surface area (Å²) in [6.07, 6.45) is 23.0. The third-order valence-corrected chi connectivity index (χ3v) is 6.68. The predicted molar refractivity (Wildman–Crippen MR) is 161 cm³/mol. The lowest BCUT2D eigenvalue weighted by atomic mass is 10.1. The van der Waals surface area contributed by atoms with Gasteiger partial charge in [-0.1, -0.05) is 76.9 Å². The number of carbonyl (C=O) groups is 1. The maximum absolute atomic E-state index is 11.1. The average molecular weight is 611 g/mol. The van der Waals surface area contributed by atoms with E-state index >= 15 is 0 Å². The fraction of sp³-hybridized carbons (Fsp3) is 0.900. The summed E-state index contributed by atoms with van der Waals surface area (Å²) in [5, 5.41) is 0. The number of esters is 1. The number of unbranched alkanes of at least 4 members (excludes halogenated alkanes) is 12. The lowest BCUT2D eigenvalue weighted by Gasteiger charge is -2.08. The molecule has 11 heteroatoms. The molecular weight excluding hydrogens is 552 g/mol. The van der Waals surface area contributed by atoms with Gasteiger partial charge in [0.25, 0.3) is 10.1 Å². The van der Waals surface area contributed by atoms with Gasteiger partial charge >= 0.3 is 5.97 Å². The van der Waals surface area contributed by atoms with Gasteiger partial charge in [0.05, 0.1) is 59.5 Å². The van der Waals surface area contributed by atoms with Crippen molar-refractivity contribution in [2.24, 2.45) is 0 Å². The molecule has 0 unspecified atom stereocenters. The van der Waals surface area contributed by atoms with Gasteiger partial charge in [0.2, 0.25) is 0 Å². The van der Waals surface area contributed by atoms with E-state index < -0.39 is 21.8 Å². The van der Waals surface area contributed by atoms with Crippen LogP contribution in [0, 0.1) is 0 Å². The monoisotopic (exact) mass is 610 g/mol. The quantitative estimate of drug-likeness (QED) is 0.0438. The van der Waals surface area contributed by atoms with E-state index in [2.05, 4.69) is 23.8 Å². The Balaban J connectivity index is 3.13. The molecule has 0 rings (SSSR count). The molecule has 0 fully saturated rings. The van der Waals surface area contributed by atoms with Crippen LogP contribution < -0.4 is 0 Å². The Morgan fingerprint density at radius 1 is 0.537 bits per heavy atom. The highest BCUT2D eigenvalue weighted by Gasteiger charge is 2.13. The molecule has 0 saturated carbocycles. The van der Waals surface area contributed by atoms with Crippen molar-refractivity contribution >= 4 is 16.1 Å². The third kappa shape index (κ3) is 36.9. The van der Waals surface area contributed by atoms with Crippen molar-refractivity contribution in [2.45, 2.75) is 96.8 Å². The minimum atomic E-state index is -4.37. The lowest BCUT2D eigenvalue weighted by molar-refractivity contribution is -0.142. The maximum Gasteiger partial charge on any atom is 0.323 e. The van der Waals surface area contributed by atoms with Crippen LogP contribution in [0.2, 0.25) is 0 Å². The highest BCUT2D eigenvalue weighted by Crippen LogP contribution is 2.10. The molecule has 0 aliphatic rings. The summed E-state index contributed by atoms with van der Waals surface area (Å²) in [7, 11) is -4.37. The first kappa shape index (κ1) is 39.9. The average Bonchev–Trinajstić information content (AvgIpc) is 2.92. The summed E-state index contributed by atoms with van der Waals surface area (Å²) in [5.41, 5.74) is 0. The molecule has 0 aliphatic carbocycles. The van der Waals surface area contributed by atoms with Crippen LogP contribution in [-0.4, -0.2) is 97.4 Å². The summed E-state index contributed by atoms with van der Waals surface area (Å²) in [6, 6.07) is 0. The smallest absolute Gasteiger partial charge is 0.323 e. The molecule has 244 valence electrons. The van der Waals surface area contributed by atoms with Crippen molar-refractivity contribution in [3.8, 4) is 0 Å². The number of hydrogen-bond acceptors (Lipinski definition) is 9. The first-order chi connectivity index (χ1) is 20.0. The molecule has 41 heavy (non-hydrogen) atoms. The van der Waals surface area contributed by atoms with Crippen LogP contribution >= 0.6 is 0 Å². The van der Waals surface area contributed by atoms with Crippen LogP contribution in [0.1, 0.15) is 96.8 Å². The molecule has 0 aromatic rings. The molecule has 0 aromatic carbocycles.